The van der Waals surface area contributed by atoms with Gasteiger partial charge in [0.2, 0.25) is 11.8 Å². The zero-order chi connectivity index (χ0) is 14.6. The fraction of sp³-hybridized carbons (Fsp3) is 0.636. The predicted molar refractivity (Wildman–Crippen MR) is 66.8 cm³/mol. The number of hydrogen-bond donors (Lipinski definition) is 2. The number of alkyl halides is 3. The fourth-order valence-corrected chi connectivity index (χ4v) is 2.03. The lowest BCUT2D eigenvalue weighted by atomic mass is 10.1. The van der Waals surface area contributed by atoms with Crippen molar-refractivity contribution >= 4 is 24.4 Å². The molecular formula is C11H15F3N2O2S. The Morgan fingerprint density at radius 1 is 1.53 bits per heavy atom. The fourth-order valence-electron chi connectivity index (χ4n) is 1.78. The minimum atomic E-state index is -4.34. The Balaban J connectivity index is 2.66. The van der Waals surface area contributed by atoms with Crippen LogP contribution in [0.4, 0.5) is 13.2 Å². The van der Waals surface area contributed by atoms with Crippen LogP contribution >= 0.6 is 12.6 Å². The second-order valence-electron chi connectivity index (χ2n) is 4.20. The maximum Gasteiger partial charge on any atom is 0.412 e. The van der Waals surface area contributed by atoms with Crippen molar-refractivity contribution in [1.82, 2.24) is 10.2 Å². The van der Waals surface area contributed by atoms with Gasteiger partial charge in [-0.25, -0.2) is 0 Å². The second-order valence-corrected chi connectivity index (χ2v) is 4.56. The number of carbonyl (C=O) groups is 2. The van der Waals surface area contributed by atoms with Crippen molar-refractivity contribution in [2.75, 3.05) is 18.8 Å². The molecule has 1 N–H and O–H groups in total. The smallest absolute Gasteiger partial charge is 0.344 e. The molecule has 0 aromatic carbocycles. The third-order valence-corrected chi connectivity index (χ3v) is 3.11. The van der Waals surface area contributed by atoms with E-state index in [0.717, 1.165) is 6.08 Å². The average Bonchev–Trinajstić information content (AvgIpc) is 2.34. The van der Waals surface area contributed by atoms with E-state index in [1.807, 2.05) is 0 Å². The van der Waals surface area contributed by atoms with E-state index < -0.39 is 23.7 Å². The van der Waals surface area contributed by atoms with Gasteiger partial charge in [-0.3, -0.25) is 9.59 Å². The van der Waals surface area contributed by atoms with Crippen LogP contribution in [0.2, 0.25) is 0 Å². The molecule has 1 unspecified atom stereocenters. The van der Waals surface area contributed by atoms with E-state index in [1.165, 1.54) is 11.8 Å². The number of nitrogens with zero attached hydrogens (tertiary/aromatic N) is 1. The van der Waals surface area contributed by atoms with Crippen LogP contribution in [0.3, 0.4) is 0 Å². The highest BCUT2D eigenvalue weighted by Gasteiger charge is 2.36. The maximum atomic E-state index is 12.4. The summed E-state index contributed by atoms with van der Waals surface area (Å²) in [6, 6.07) is -0.804. The van der Waals surface area contributed by atoms with E-state index in [0.29, 0.717) is 0 Å². The lowest BCUT2D eigenvalue weighted by Crippen LogP contribution is -2.50. The molecule has 19 heavy (non-hydrogen) atoms. The molecule has 1 aliphatic heterocycles. The Morgan fingerprint density at radius 3 is 2.53 bits per heavy atom. The number of hydrogen-bond acceptors (Lipinski definition) is 3. The topological polar surface area (TPSA) is 49.4 Å². The van der Waals surface area contributed by atoms with E-state index in [2.05, 4.69) is 17.9 Å². The Kier molecular flexibility index (Phi) is 5.28. The van der Waals surface area contributed by atoms with Crippen LogP contribution in [-0.4, -0.2) is 47.8 Å². The quantitative estimate of drug-likeness (QED) is 0.606. The highest BCUT2D eigenvalue weighted by atomic mass is 32.1. The Bertz CT molecular complexity index is 396. The first-order chi connectivity index (χ1) is 8.75. The number of amides is 2. The SMILES string of the molecule is CC(=O)NC(CS)C(=O)N1CC=C(C(F)(F)F)CC1. The minimum Gasteiger partial charge on any atom is -0.344 e. The van der Waals surface area contributed by atoms with Gasteiger partial charge in [0.05, 0.1) is 0 Å². The van der Waals surface area contributed by atoms with Crippen LogP contribution < -0.4 is 5.32 Å². The lowest BCUT2D eigenvalue weighted by Gasteiger charge is -2.30. The van der Waals surface area contributed by atoms with E-state index in [9.17, 15) is 22.8 Å². The van der Waals surface area contributed by atoms with Gasteiger partial charge in [0.15, 0.2) is 0 Å². The van der Waals surface area contributed by atoms with Gasteiger partial charge < -0.3 is 10.2 Å². The van der Waals surface area contributed by atoms with Gasteiger partial charge in [-0.15, -0.1) is 0 Å². The zero-order valence-electron chi connectivity index (χ0n) is 10.3. The van der Waals surface area contributed by atoms with E-state index >= 15 is 0 Å². The van der Waals surface area contributed by atoms with Crippen LogP contribution in [0, 0.1) is 0 Å². The van der Waals surface area contributed by atoms with Gasteiger partial charge in [0.25, 0.3) is 0 Å². The summed E-state index contributed by atoms with van der Waals surface area (Å²) >= 11 is 3.96. The third kappa shape index (κ3) is 4.45. The molecule has 0 fully saturated rings. The van der Waals surface area contributed by atoms with Gasteiger partial charge in [-0.05, 0) is 6.42 Å². The molecule has 0 saturated heterocycles. The summed E-state index contributed by atoms with van der Waals surface area (Å²) in [6.45, 7) is 1.16. The van der Waals surface area contributed by atoms with Crippen LogP contribution in [0.25, 0.3) is 0 Å². The van der Waals surface area contributed by atoms with Crippen molar-refractivity contribution in [2.24, 2.45) is 0 Å². The normalized spacial score (nSPS) is 17.7. The molecule has 0 aliphatic carbocycles. The maximum absolute atomic E-state index is 12.4. The second kappa shape index (κ2) is 6.31. The lowest BCUT2D eigenvalue weighted by molar-refractivity contribution is -0.136. The van der Waals surface area contributed by atoms with Crippen molar-refractivity contribution in [3.8, 4) is 0 Å². The number of carbonyl (C=O) groups excluding carboxylic acids is 2. The van der Waals surface area contributed by atoms with Gasteiger partial charge in [0.1, 0.15) is 6.04 Å². The summed E-state index contributed by atoms with van der Waals surface area (Å²) in [7, 11) is 0. The van der Waals surface area contributed by atoms with Gasteiger partial charge in [-0.1, -0.05) is 6.08 Å². The van der Waals surface area contributed by atoms with Crippen LogP contribution in [0.5, 0.6) is 0 Å². The van der Waals surface area contributed by atoms with Crippen LogP contribution in [-0.2, 0) is 9.59 Å². The standard InChI is InChI=1S/C11H15F3N2O2S/c1-7(17)15-9(6-19)10(18)16-4-2-8(3-5-16)11(12,13)14/h2,9,19H,3-6H2,1H3,(H,15,17). The van der Waals surface area contributed by atoms with Gasteiger partial charge >= 0.3 is 6.18 Å². The molecule has 1 atom stereocenters. The van der Waals surface area contributed by atoms with E-state index in [4.69, 9.17) is 0 Å². The summed E-state index contributed by atoms with van der Waals surface area (Å²) in [5.74, 6) is -0.691. The summed E-state index contributed by atoms with van der Waals surface area (Å²) in [5, 5.41) is 2.42. The molecule has 0 aromatic rings. The van der Waals surface area contributed by atoms with Crippen molar-refractivity contribution in [1.29, 1.82) is 0 Å². The van der Waals surface area contributed by atoms with Crippen molar-refractivity contribution in [3.63, 3.8) is 0 Å². The largest absolute Gasteiger partial charge is 0.412 e. The van der Waals surface area contributed by atoms with Crippen LogP contribution in [0.15, 0.2) is 11.6 Å². The molecular weight excluding hydrogens is 281 g/mol. The van der Waals surface area contributed by atoms with Crippen molar-refractivity contribution in [2.45, 2.75) is 25.6 Å². The van der Waals surface area contributed by atoms with Crippen molar-refractivity contribution < 1.29 is 22.8 Å². The summed E-state index contributed by atoms with van der Waals surface area (Å²) < 4.78 is 37.3. The highest BCUT2D eigenvalue weighted by molar-refractivity contribution is 7.80. The molecule has 1 rings (SSSR count). The van der Waals surface area contributed by atoms with Crippen molar-refractivity contribution in [3.05, 3.63) is 11.6 Å². The van der Waals surface area contributed by atoms with Crippen LogP contribution in [0.1, 0.15) is 13.3 Å². The molecule has 1 aliphatic rings. The monoisotopic (exact) mass is 296 g/mol. The minimum absolute atomic E-state index is 0.00591. The molecule has 108 valence electrons. The molecule has 0 bridgehead atoms. The van der Waals surface area contributed by atoms with E-state index in [1.54, 1.807) is 0 Å². The molecule has 0 radical (unpaired) electrons. The van der Waals surface area contributed by atoms with Gasteiger partial charge in [-0.2, -0.15) is 25.8 Å². The summed E-state index contributed by atoms with van der Waals surface area (Å²) in [5.41, 5.74) is -0.612. The third-order valence-electron chi connectivity index (χ3n) is 2.74. The number of thiol groups is 1. The van der Waals surface area contributed by atoms with Gasteiger partial charge in [0, 0.05) is 31.3 Å². The molecule has 2 amide bonds. The number of rotatable bonds is 3. The first kappa shape index (κ1) is 15.9. The first-order valence-corrected chi connectivity index (χ1v) is 6.32. The van der Waals surface area contributed by atoms with E-state index in [-0.39, 0.29) is 31.2 Å². The summed E-state index contributed by atoms with van der Waals surface area (Å²) in [6.07, 6.45) is -3.56. The highest BCUT2D eigenvalue weighted by Crippen LogP contribution is 2.30. The zero-order valence-corrected chi connectivity index (χ0v) is 11.2. The number of nitrogens with one attached hydrogen (secondary N) is 1. The molecule has 0 saturated carbocycles. The molecule has 0 aromatic heterocycles. The first-order valence-electron chi connectivity index (χ1n) is 5.68. The molecule has 1 heterocycles. The Morgan fingerprint density at radius 2 is 2.16 bits per heavy atom. The Labute approximate surface area is 114 Å². The predicted octanol–water partition coefficient (Wildman–Crippen LogP) is 1.14. The molecule has 4 nitrogen and oxygen atoms in total. The number of halogens is 3. The Hall–Kier alpha value is -1.18. The average molecular weight is 296 g/mol. The molecule has 8 heteroatoms. The summed E-state index contributed by atoms with van der Waals surface area (Å²) in [4.78, 5) is 24.2. The molecule has 0 spiro atoms.